The fourth-order valence-corrected chi connectivity index (χ4v) is 5.11. The van der Waals surface area contributed by atoms with Crippen molar-refractivity contribution in [3.63, 3.8) is 0 Å². The molecule has 2 aromatic rings. The summed E-state index contributed by atoms with van der Waals surface area (Å²) in [7, 11) is -4.03. The molecule has 0 radical (unpaired) electrons. The van der Waals surface area contributed by atoms with Crippen molar-refractivity contribution in [2.24, 2.45) is 5.92 Å². The van der Waals surface area contributed by atoms with Crippen LogP contribution in [-0.4, -0.2) is 74.3 Å². The van der Waals surface area contributed by atoms with Gasteiger partial charge in [0.15, 0.2) is 9.84 Å². The molecular formula is C24H29NO9S. The number of carbonyl (C=O) groups excluding carboxylic acids is 3. The molecule has 1 atom stereocenters. The van der Waals surface area contributed by atoms with Crippen LogP contribution in [0.5, 0.6) is 0 Å². The zero-order chi connectivity index (χ0) is 26.0. The summed E-state index contributed by atoms with van der Waals surface area (Å²) in [5.41, 5.74) is 0. The summed E-state index contributed by atoms with van der Waals surface area (Å²) in [6.07, 6.45) is -0.778. The number of carboxylic acid groups (broad SMARTS) is 1. The van der Waals surface area contributed by atoms with Crippen molar-refractivity contribution in [1.82, 2.24) is 4.90 Å². The highest BCUT2D eigenvalue weighted by atomic mass is 32.2. The van der Waals surface area contributed by atoms with Gasteiger partial charge in [-0.2, -0.15) is 0 Å². The predicted molar refractivity (Wildman–Crippen MR) is 126 cm³/mol. The maximum absolute atomic E-state index is 13.3. The van der Waals surface area contributed by atoms with Crippen LogP contribution in [0, 0.1) is 5.92 Å². The van der Waals surface area contributed by atoms with Crippen molar-refractivity contribution in [2.45, 2.75) is 31.6 Å². The largest absolute Gasteiger partial charge is 0.481 e. The molecule has 190 valence electrons. The number of nitrogens with zero attached hydrogens (tertiary/aromatic N) is 1. The molecule has 0 aliphatic rings. The molecule has 0 bridgehead atoms. The van der Waals surface area contributed by atoms with Gasteiger partial charge in [-0.1, -0.05) is 30.3 Å². The monoisotopic (exact) mass is 507 g/mol. The van der Waals surface area contributed by atoms with Gasteiger partial charge >= 0.3 is 17.9 Å². The third-order valence-electron chi connectivity index (χ3n) is 5.12. The van der Waals surface area contributed by atoms with Gasteiger partial charge in [0.1, 0.15) is 13.1 Å². The van der Waals surface area contributed by atoms with Crippen molar-refractivity contribution in [2.75, 3.05) is 32.1 Å². The summed E-state index contributed by atoms with van der Waals surface area (Å²) in [5.74, 6) is -5.66. The van der Waals surface area contributed by atoms with E-state index in [0.29, 0.717) is 5.39 Å². The van der Waals surface area contributed by atoms with Crippen LogP contribution in [0.2, 0.25) is 0 Å². The molecule has 35 heavy (non-hydrogen) atoms. The Balaban J connectivity index is 2.36. The number of sulfone groups is 1. The Hall–Kier alpha value is -3.47. The number of fused-ring (bicyclic) bond motifs is 1. The molecule has 1 N–H and O–H groups in total. The van der Waals surface area contributed by atoms with Crippen LogP contribution >= 0.6 is 0 Å². The maximum atomic E-state index is 13.3. The average molecular weight is 508 g/mol. The lowest BCUT2D eigenvalue weighted by molar-refractivity contribution is -0.155. The second-order valence-corrected chi connectivity index (χ2v) is 9.76. The van der Waals surface area contributed by atoms with Crippen LogP contribution in [0.1, 0.15) is 26.7 Å². The number of rotatable bonds is 13. The third kappa shape index (κ3) is 8.36. The van der Waals surface area contributed by atoms with Crippen molar-refractivity contribution in [3.05, 3.63) is 42.5 Å². The maximum Gasteiger partial charge on any atom is 0.325 e. The van der Waals surface area contributed by atoms with E-state index in [4.69, 9.17) is 14.6 Å². The van der Waals surface area contributed by atoms with Gasteiger partial charge in [-0.3, -0.25) is 19.2 Å². The zero-order valence-electron chi connectivity index (χ0n) is 19.6. The number of amides is 1. The normalized spacial score (nSPS) is 12.1. The van der Waals surface area contributed by atoms with Crippen LogP contribution in [0.4, 0.5) is 0 Å². The van der Waals surface area contributed by atoms with E-state index < -0.39 is 64.8 Å². The quantitative estimate of drug-likeness (QED) is 0.403. The highest BCUT2D eigenvalue weighted by Gasteiger charge is 2.33. The first kappa shape index (κ1) is 27.8. The van der Waals surface area contributed by atoms with Crippen molar-refractivity contribution in [3.8, 4) is 0 Å². The number of ether oxygens (including phenoxy) is 2. The number of aliphatic carboxylic acids is 1. The lowest BCUT2D eigenvalue weighted by atomic mass is 10.0. The van der Waals surface area contributed by atoms with Gasteiger partial charge < -0.3 is 19.5 Å². The third-order valence-corrected chi connectivity index (χ3v) is 6.93. The van der Waals surface area contributed by atoms with Gasteiger partial charge in [0.05, 0.1) is 29.8 Å². The Kier molecular flexibility index (Phi) is 10.2. The molecule has 0 aromatic heterocycles. The minimum atomic E-state index is -4.03. The van der Waals surface area contributed by atoms with Crippen molar-refractivity contribution in [1.29, 1.82) is 0 Å². The Morgan fingerprint density at radius 2 is 1.49 bits per heavy atom. The Morgan fingerprint density at radius 1 is 0.914 bits per heavy atom. The zero-order valence-corrected chi connectivity index (χ0v) is 20.5. The Bertz CT molecular complexity index is 1160. The van der Waals surface area contributed by atoms with E-state index in [1.165, 1.54) is 12.1 Å². The number of benzene rings is 2. The molecule has 1 unspecified atom stereocenters. The smallest absolute Gasteiger partial charge is 0.325 e. The molecule has 11 heteroatoms. The van der Waals surface area contributed by atoms with Crippen LogP contribution in [0.25, 0.3) is 10.8 Å². The molecule has 0 aliphatic heterocycles. The highest BCUT2D eigenvalue weighted by molar-refractivity contribution is 7.91. The second kappa shape index (κ2) is 12.8. The molecule has 2 aromatic carbocycles. The first-order valence-electron chi connectivity index (χ1n) is 11.1. The summed E-state index contributed by atoms with van der Waals surface area (Å²) >= 11 is 0. The van der Waals surface area contributed by atoms with Gasteiger partial charge in [0, 0.05) is 6.42 Å². The second-order valence-electron chi connectivity index (χ2n) is 7.72. The summed E-state index contributed by atoms with van der Waals surface area (Å²) in [6, 6.07) is 11.7. The van der Waals surface area contributed by atoms with Gasteiger partial charge in [-0.15, -0.1) is 0 Å². The van der Waals surface area contributed by atoms with Crippen molar-refractivity contribution < 1.29 is 42.2 Å². The number of esters is 2. The topological polar surface area (TPSA) is 144 Å². The molecule has 0 aliphatic carbocycles. The van der Waals surface area contributed by atoms with Gasteiger partial charge in [-0.05, 0) is 43.2 Å². The number of carboxylic acids is 1. The minimum Gasteiger partial charge on any atom is -0.481 e. The number of carbonyl (C=O) groups is 4. The van der Waals surface area contributed by atoms with E-state index in [9.17, 15) is 27.6 Å². The lowest BCUT2D eigenvalue weighted by Gasteiger charge is -2.26. The molecule has 1 amide bonds. The molecule has 10 nitrogen and oxygen atoms in total. The molecule has 0 saturated carbocycles. The first-order chi connectivity index (χ1) is 16.6. The number of hydrogen-bond acceptors (Lipinski definition) is 8. The SMILES string of the molecule is CCOC(=O)CN(CC(=O)OCC)C(=O)C(CCC(=O)O)CS(=O)(=O)c1ccc2ccccc2c1. The molecule has 2 rings (SSSR count). The minimum absolute atomic E-state index is 0.0216. The lowest BCUT2D eigenvalue weighted by Crippen LogP contribution is -2.45. The standard InChI is InChI=1S/C24H29NO9S/c1-3-33-22(28)14-25(15-23(29)34-4-2)24(30)19(10-12-21(26)27)16-35(31,32)20-11-9-17-7-5-6-8-18(17)13-20/h5-9,11,13,19H,3-4,10,12,14-16H2,1-2H3,(H,26,27). The van der Waals surface area contributed by atoms with Gasteiger partial charge in [-0.25, -0.2) is 8.42 Å². The Morgan fingerprint density at radius 3 is 2.03 bits per heavy atom. The molecule has 0 spiro atoms. The molecule has 0 fully saturated rings. The van der Waals surface area contributed by atoms with Crippen LogP contribution in [-0.2, 0) is 38.5 Å². The van der Waals surface area contributed by atoms with Crippen molar-refractivity contribution >= 4 is 44.4 Å². The molecular weight excluding hydrogens is 478 g/mol. The summed E-state index contributed by atoms with van der Waals surface area (Å²) in [4.78, 5) is 49.4. The summed E-state index contributed by atoms with van der Waals surface area (Å²) < 4.78 is 36.1. The van der Waals surface area contributed by atoms with Crippen LogP contribution in [0.15, 0.2) is 47.4 Å². The van der Waals surface area contributed by atoms with E-state index in [2.05, 4.69) is 0 Å². The summed E-state index contributed by atoms with van der Waals surface area (Å²) in [6.45, 7) is 2.01. The summed E-state index contributed by atoms with van der Waals surface area (Å²) in [5, 5.41) is 10.6. The molecule has 0 heterocycles. The van der Waals surface area contributed by atoms with E-state index >= 15 is 0 Å². The highest BCUT2D eigenvalue weighted by Crippen LogP contribution is 2.23. The van der Waals surface area contributed by atoms with Crippen LogP contribution in [0.3, 0.4) is 0 Å². The van der Waals surface area contributed by atoms with E-state index in [1.807, 2.05) is 12.1 Å². The first-order valence-corrected chi connectivity index (χ1v) is 12.8. The fourth-order valence-electron chi connectivity index (χ4n) is 3.49. The van der Waals surface area contributed by atoms with Gasteiger partial charge in [0.2, 0.25) is 5.91 Å². The van der Waals surface area contributed by atoms with Crippen LogP contribution < -0.4 is 0 Å². The van der Waals surface area contributed by atoms with E-state index in [1.54, 1.807) is 32.0 Å². The Labute approximate surface area is 203 Å². The van der Waals surface area contributed by atoms with Gasteiger partial charge in [0.25, 0.3) is 0 Å². The number of hydrogen-bond donors (Lipinski definition) is 1. The fraction of sp³-hybridized carbons (Fsp3) is 0.417. The predicted octanol–water partition coefficient (Wildman–Crippen LogP) is 2.05. The van der Waals surface area contributed by atoms with E-state index in [-0.39, 0.29) is 24.5 Å². The molecule has 0 saturated heterocycles. The average Bonchev–Trinajstić information content (AvgIpc) is 2.80. The van der Waals surface area contributed by atoms with E-state index in [0.717, 1.165) is 10.3 Å².